The van der Waals surface area contributed by atoms with Gasteiger partial charge in [0, 0.05) is 17.4 Å². The number of aliphatic hydroxyl groups is 1. The first-order valence-electron chi connectivity index (χ1n) is 5.85. The average Bonchev–Trinajstić information content (AvgIpc) is 2.89. The highest BCUT2D eigenvalue weighted by Gasteiger charge is 2.06. The summed E-state index contributed by atoms with van der Waals surface area (Å²) in [6.45, 7) is 1.74. The molecule has 0 aliphatic carbocycles. The van der Waals surface area contributed by atoms with E-state index in [4.69, 9.17) is 5.11 Å². The molecule has 0 unspecified atom stereocenters. The molecule has 0 fully saturated rings. The van der Waals surface area contributed by atoms with Gasteiger partial charge in [-0.1, -0.05) is 11.8 Å². The van der Waals surface area contributed by atoms with E-state index in [0.717, 1.165) is 11.1 Å². The molecule has 0 aliphatic rings. The Labute approximate surface area is 111 Å². The molecule has 2 rings (SSSR count). The van der Waals surface area contributed by atoms with Crippen LogP contribution in [0.25, 0.3) is 0 Å². The Bertz CT molecular complexity index is 634. The third kappa shape index (κ3) is 3.47. The van der Waals surface area contributed by atoms with Crippen molar-refractivity contribution >= 4 is 11.6 Å². The minimum Gasteiger partial charge on any atom is -0.384 e. The molecular formula is C15H14N2O2. The van der Waals surface area contributed by atoms with Crippen LogP contribution in [0.3, 0.4) is 0 Å². The van der Waals surface area contributed by atoms with Crippen LogP contribution in [0.15, 0.2) is 36.5 Å². The average molecular weight is 254 g/mol. The van der Waals surface area contributed by atoms with Crippen LogP contribution in [-0.4, -0.2) is 22.6 Å². The maximum Gasteiger partial charge on any atom is 0.272 e. The number of nitrogens with one attached hydrogen (secondary N) is 2. The van der Waals surface area contributed by atoms with E-state index in [-0.39, 0.29) is 12.5 Å². The SMILES string of the molecule is Cc1cc(C#CCO)cc(NC(=O)c2ccc[nH]2)c1. The summed E-state index contributed by atoms with van der Waals surface area (Å²) in [6.07, 6.45) is 1.70. The van der Waals surface area contributed by atoms with E-state index in [2.05, 4.69) is 22.1 Å². The van der Waals surface area contributed by atoms with E-state index in [1.807, 2.05) is 19.1 Å². The van der Waals surface area contributed by atoms with E-state index >= 15 is 0 Å². The number of amides is 1. The molecule has 4 heteroatoms. The second kappa shape index (κ2) is 5.89. The van der Waals surface area contributed by atoms with Gasteiger partial charge in [0.2, 0.25) is 0 Å². The van der Waals surface area contributed by atoms with Crippen LogP contribution in [0.2, 0.25) is 0 Å². The normalized spacial score (nSPS) is 9.58. The number of aromatic nitrogens is 1. The van der Waals surface area contributed by atoms with Gasteiger partial charge in [-0.25, -0.2) is 0 Å². The topological polar surface area (TPSA) is 65.1 Å². The largest absolute Gasteiger partial charge is 0.384 e. The highest BCUT2D eigenvalue weighted by Crippen LogP contribution is 2.14. The number of aliphatic hydroxyl groups excluding tert-OH is 1. The molecule has 0 radical (unpaired) electrons. The van der Waals surface area contributed by atoms with Crippen LogP contribution in [-0.2, 0) is 0 Å². The Kier molecular flexibility index (Phi) is 4.01. The van der Waals surface area contributed by atoms with Crippen molar-refractivity contribution in [2.45, 2.75) is 6.92 Å². The fourth-order valence-corrected chi connectivity index (χ4v) is 1.74. The molecule has 1 amide bonds. The second-order valence-corrected chi connectivity index (χ2v) is 4.09. The van der Waals surface area contributed by atoms with Crippen LogP contribution in [0.5, 0.6) is 0 Å². The molecule has 0 spiro atoms. The van der Waals surface area contributed by atoms with Crippen molar-refractivity contribution in [3.63, 3.8) is 0 Å². The first-order valence-corrected chi connectivity index (χ1v) is 5.85. The van der Waals surface area contributed by atoms with Crippen LogP contribution in [0.1, 0.15) is 21.6 Å². The Morgan fingerprint density at radius 1 is 1.42 bits per heavy atom. The standard InChI is InChI=1S/C15H14N2O2/c1-11-8-12(4-3-7-18)10-13(9-11)17-15(19)14-5-2-6-16-14/h2,5-6,8-10,16,18H,7H2,1H3,(H,17,19). The highest BCUT2D eigenvalue weighted by molar-refractivity contribution is 6.03. The number of anilines is 1. The molecule has 0 aliphatic heterocycles. The van der Waals surface area contributed by atoms with Crippen molar-refractivity contribution < 1.29 is 9.90 Å². The Morgan fingerprint density at radius 2 is 2.26 bits per heavy atom. The van der Waals surface area contributed by atoms with Gasteiger partial charge in [0.25, 0.3) is 5.91 Å². The zero-order valence-electron chi connectivity index (χ0n) is 10.5. The molecule has 3 N–H and O–H groups in total. The van der Waals surface area contributed by atoms with Gasteiger partial charge in [0.1, 0.15) is 12.3 Å². The van der Waals surface area contributed by atoms with Crippen molar-refractivity contribution in [1.82, 2.24) is 4.98 Å². The van der Waals surface area contributed by atoms with Crippen molar-refractivity contribution in [1.29, 1.82) is 0 Å². The fourth-order valence-electron chi connectivity index (χ4n) is 1.74. The molecule has 19 heavy (non-hydrogen) atoms. The maximum absolute atomic E-state index is 11.9. The summed E-state index contributed by atoms with van der Waals surface area (Å²) >= 11 is 0. The summed E-state index contributed by atoms with van der Waals surface area (Å²) in [6, 6.07) is 9.01. The number of H-pyrrole nitrogens is 1. The van der Waals surface area contributed by atoms with E-state index in [1.54, 1.807) is 24.4 Å². The lowest BCUT2D eigenvalue weighted by atomic mass is 10.1. The van der Waals surface area contributed by atoms with E-state index in [1.165, 1.54) is 0 Å². The quantitative estimate of drug-likeness (QED) is 0.717. The van der Waals surface area contributed by atoms with Crippen LogP contribution in [0.4, 0.5) is 5.69 Å². The molecule has 4 nitrogen and oxygen atoms in total. The molecule has 1 aromatic heterocycles. The van der Waals surface area contributed by atoms with Gasteiger partial charge in [-0.05, 0) is 42.8 Å². The second-order valence-electron chi connectivity index (χ2n) is 4.09. The number of carbonyl (C=O) groups is 1. The molecule has 0 atom stereocenters. The predicted molar refractivity (Wildman–Crippen MR) is 73.9 cm³/mol. The Balaban J connectivity index is 2.20. The predicted octanol–water partition coefficient (Wildman–Crippen LogP) is 1.92. The molecule has 0 bridgehead atoms. The van der Waals surface area contributed by atoms with E-state index in [0.29, 0.717) is 11.4 Å². The summed E-state index contributed by atoms with van der Waals surface area (Å²) < 4.78 is 0. The number of aromatic amines is 1. The number of benzene rings is 1. The number of hydrogen-bond donors (Lipinski definition) is 3. The molecule has 2 aromatic rings. The van der Waals surface area contributed by atoms with E-state index < -0.39 is 0 Å². The third-order valence-corrected chi connectivity index (χ3v) is 2.49. The smallest absolute Gasteiger partial charge is 0.272 e. The Hall–Kier alpha value is -2.51. The monoisotopic (exact) mass is 254 g/mol. The molecule has 0 saturated carbocycles. The van der Waals surface area contributed by atoms with Crippen LogP contribution in [0, 0.1) is 18.8 Å². The highest BCUT2D eigenvalue weighted by atomic mass is 16.2. The van der Waals surface area contributed by atoms with Gasteiger partial charge in [0.15, 0.2) is 0 Å². The maximum atomic E-state index is 11.9. The lowest BCUT2D eigenvalue weighted by Crippen LogP contribution is -2.12. The van der Waals surface area contributed by atoms with Gasteiger partial charge in [-0.15, -0.1) is 0 Å². The van der Waals surface area contributed by atoms with Gasteiger partial charge >= 0.3 is 0 Å². The molecule has 96 valence electrons. The van der Waals surface area contributed by atoms with Crippen LogP contribution >= 0.6 is 0 Å². The zero-order valence-corrected chi connectivity index (χ0v) is 10.5. The van der Waals surface area contributed by atoms with Crippen molar-refractivity contribution in [2.75, 3.05) is 11.9 Å². The molecular weight excluding hydrogens is 240 g/mol. The van der Waals surface area contributed by atoms with Gasteiger partial charge in [0.05, 0.1) is 0 Å². The molecule has 1 heterocycles. The number of rotatable bonds is 2. The van der Waals surface area contributed by atoms with Gasteiger partial charge < -0.3 is 15.4 Å². The third-order valence-electron chi connectivity index (χ3n) is 2.49. The van der Waals surface area contributed by atoms with Crippen molar-refractivity contribution in [3.8, 4) is 11.8 Å². The number of hydrogen-bond acceptors (Lipinski definition) is 2. The van der Waals surface area contributed by atoms with Gasteiger partial charge in [-0.3, -0.25) is 4.79 Å². The number of aryl methyl sites for hydroxylation is 1. The first kappa shape index (κ1) is 12.9. The summed E-state index contributed by atoms with van der Waals surface area (Å²) in [7, 11) is 0. The van der Waals surface area contributed by atoms with Crippen molar-refractivity contribution in [3.05, 3.63) is 53.3 Å². The number of carbonyl (C=O) groups excluding carboxylic acids is 1. The summed E-state index contributed by atoms with van der Waals surface area (Å²) in [5.41, 5.74) is 2.94. The summed E-state index contributed by atoms with van der Waals surface area (Å²) in [5, 5.41) is 11.5. The lowest BCUT2D eigenvalue weighted by molar-refractivity contribution is 0.102. The van der Waals surface area contributed by atoms with Crippen LogP contribution < -0.4 is 5.32 Å². The van der Waals surface area contributed by atoms with Gasteiger partial charge in [-0.2, -0.15) is 0 Å². The minimum absolute atomic E-state index is 0.182. The molecule has 0 saturated heterocycles. The van der Waals surface area contributed by atoms with Crippen molar-refractivity contribution in [2.24, 2.45) is 0 Å². The molecule has 1 aromatic carbocycles. The fraction of sp³-hybridized carbons (Fsp3) is 0.133. The van der Waals surface area contributed by atoms with E-state index in [9.17, 15) is 4.79 Å². The zero-order chi connectivity index (χ0) is 13.7. The minimum atomic E-state index is -0.198. The Morgan fingerprint density at radius 3 is 2.95 bits per heavy atom. The lowest BCUT2D eigenvalue weighted by Gasteiger charge is -2.06. The summed E-state index contributed by atoms with van der Waals surface area (Å²) in [5.74, 6) is 5.21. The summed E-state index contributed by atoms with van der Waals surface area (Å²) in [4.78, 5) is 14.7. The first-order chi connectivity index (χ1) is 9.19.